The summed E-state index contributed by atoms with van der Waals surface area (Å²) < 4.78 is 0. The zero-order chi connectivity index (χ0) is 12.8. The van der Waals surface area contributed by atoms with Crippen LogP contribution in [-0.4, -0.2) is 17.4 Å². The van der Waals surface area contributed by atoms with E-state index in [2.05, 4.69) is 5.32 Å². The number of nitrogens with zero attached hydrogens (tertiary/aromatic N) is 1. The molecule has 1 amide bonds. The summed E-state index contributed by atoms with van der Waals surface area (Å²) in [6.07, 6.45) is 2.64. The van der Waals surface area contributed by atoms with Gasteiger partial charge in [0.25, 0.3) is 5.69 Å². The molecule has 0 fully saturated rings. The van der Waals surface area contributed by atoms with Gasteiger partial charge in [0.15, 0.2) is 0 Å². The lowest BCUT2D eigenvalue weighted by Gasteiger charge is -2.03. The molecule has 0 saturated heterocycles. The first kappa shape index (κ1) is 13.1. The van der Waals surface area contributed by atoms with Gasteiger partial charge >= 0.3 is 0 Å². The van der Waals surface area contributed by atoms with Crippen LogP contribution in [0.4, 0.5) is 11.4 Å². The number of hydrogen-bond acceptors (Lipinski definition) is 4. The maximum Gasteiger partial charge on any atom is 0.292 e. The molecule has 0 aliphatic rings. The van der Waals surface area contributed by atoms with E-state index < -0.39 is 10.8 Å². The third-order valence-corrected chi connectivity index (χ3v) is 2.05. The van der Waals surface area contributed by atoms with Crippen LogP contribution >= 0.6 is 11.6 Å². The summed E-state index contributed by atoms with van der Waals surface area (Å²) in [6, 6.07) is 3.92. The number of carbonyl (C=O) groups is 1. The van der Waals surface area contributed by atoms with Gasteiger partial charge in [0.2, 0.25) is 5.91 Å². The summed E-state index contributed by atoms with van der Waals surface area (Å²) in [5, 5.41) is 13.4. The number of hydrogen-bond donors (Lipinski definition) is 2. The number of nitro groups is 1. The molecule has 0 atom stereocenters. The minimum absolute atomic E-state index is 0.0502. The van der Waals surface area contributed by atoms with Crippen LogP contribution in [0.25, 0.3) is 0 Å². The van der Waals surface area contributed by atoms with Crippen molar-refractivity contribution in [1.82, 2.24) is 0 Å². The number of rotatable bonds is 4. The third-order valence-electron chi connectivity index (χ3n) is 1.82. The molecule has 90 valence electrons. The molecule has 0 radical (unpaired) electrons. The minimum atomic E-state index is -0.599. The molecule has 1 aromatic carbocycles. The van der Waals surface area contributed by atoms with E-state index in [0.717, 1.165) is 0 Å². The Balaban J connectivity index is 2.96. The summed E-state index contributed by atoms with van der Waals surface area (Å²) in [4.78, 5) is 21.4. The van der Waals surface area contributed by atoms with Gasteiger partial charge in [0.1, 0.15) is 5.69 Å². The normalized spacial score (nSPS) is 10.5. The zero-order valence-corrected chi connectivity index (χ0v) is 9.48. The summed E-state index contributed by atoms with van der Waals surface area (Å²) >= 11 is 5.70. The SMILES string of the molecule is NC/C=C/C(=O)Nc1cc(Cl)ccc1[N+](=O)[O-]. The van der Waals surface area contributed by atoms with Gasteiger partial charge in [-0.05, 0) is 12.1 Å². The van der Waals surface area contributed by atoms with Crippen molar-refractivity contribution in [3.8, 4) is 0 Å². The van der Waals surface area contributed by atoms with E-state index in [4.69, 9.17) is 17.3 Å². The Morgan fingerprint density at radius 1 is 1.59 bits per heavy atom. The topological polar surface area (TPSA) is 98.3 Å². The summed E-state index contributed by atoms with van der Waals surface area (Å²) in [6.45, 7) is 0.213. The van der Waals surface area contributed by atoms with Crippen molar-refractivity contribution in [3.05, 3.63) is 45.5 Å². The number of anilines is 1. The van der Waals surface area contributed by atoms with Crippen LogP contribution in [0.2, 0.25) is 5.02 Å². The first-order valence-electron chi connectivity index (χ1n) is 4.66. The number of halogens is 1. The lowest BCUT2D eigenvalue weighted by Crippen LogP contribution is -2.10. The van der Waals surface area contributed by atoms with E-state index >= 15 is 0 Å². The zero-order valence-electron chi connectivity index (χ0n) is 8.72. The van der Waals surface area contributed by atoms with E-state index in [1.165, 1.54) is 30.4 Å². The highest BCUT2D eigenvalue weighted by Crippen LogP contribution is 2.27. The fourth-order valence-corrected chi connectivity index (χ4v) is 1.29. The van der Waals surface area contributed by atoms with Crippen LogP contribution in [0, 0.1) is 10.1 Å². The Morgan fingerprint density at radius 2 is 2.29 bits per heavy atom. The smallest absolute Gasteiger partial charge is 0.292 e. The van der Waals surface area contributed by atoms with Crippen LogP contribution < -0.4 is 11.1 Å². The van der Waals surface area contributed by atoms with Crippen molar-refractivity contribution in [1.29, 1.82) is 0 Å². The number of amides is 1. The van der Waals surface area contributed by atoms with Crippen molar-refractivity contribution < 1.29 is 9.72 Å². The first-order valence-corrected chi connectivity index (χ1v) is 5.04. The van der Waals surface area contributed by atoms with Crippen molar-refractivity contribution in [2.75, 3.05) is 11.9 Å². The summed E-state index contributed by atoms with van der Waals surface area (Å²) in [5.74, 6) is -0.499. The van der Waals surface area contributed by atoms with Gasteiger partial charge in [-0.15, -0.1) is 0 Å². The molecule has 0 aromatic heterocycles. The molecule has 6 nitrogen and oxygen atoms in total. The Morgan fingerprint density at radius 3 is 2.88 bits per heavy atom. The fraction of sp³-hybridized carbons (Fsp3) is 0.100. The Labute approximate surface area is 102 Å². The van der Waals surface area contributed by atoms with Crippen LogP contribution in [0.3, 0.4) is 0 Å². The Kier molecular flexibility index (Phi) is 4.62. The molecule has 0 aliphatic heterocycles. The molecule has 3 N–H and O–H groups in total. The Hall–Kier alpha value is -1.92. The number of carbonyl (C=O) groups excluding carboxylic acids is 1. The highest BCUT2D eigenvalue weighted by atomic mass is 35.5. The predicted octanol–water partition coefficient (Wildman–Crippen LogP) is 1.70. The molecule has 0 unspecified atom stereocenters. The van der Waals surface area contributed by atoms with E-state index in [-0.39, 0.29) is 17.9 Å². The Bertz CT molecular complexity index is 474. The number of nitro benzene ring substituents is 1. The number of benzene rings is 1. The molecule has 1 aromatic rings. The quantitative estimate of drug-likeness (QED) is 0.486. The lowest BCUT2D eigenvalue weighted by atomic mass is 10.2. The molecule has 0 heterocycles. The van der Waals surface area contributed by atoms with E-state index in [1.807, 2.05) is 0 Å². The second-order valence-electron chi connectivity index (χ2n) is 3.05. The van der Waals surface area contributed by atoms with Gasteiger partial charge in [-0.3, -0.25) is 14.9 Å². The maximum atomic E-state index is 11.3. The average molecular weight is 256 g/mol. The first-order chi connectivity index (χ1) is 8.04. The van der Waals surface area contributed by atoms with Crippen molar-refractivity contribution in [3.63, 3.8) is 0 Å². The predicted molar refractivity (Wildman–Crippen MR) is 64.9 cm³/mol. The second-order valence-corrected chi connectivity index (χ2v) is 3.48. The molecule has 0 aliphatic carbocycles. The van der Waals surface area contributed by atoms with Gasteiger partial charge < -0.3 is 11.1 Å². The largest absolute Gasteiger partial charge is 0.327 e. The van der Waals surface area contributed by atoms with Gasteiger partial charge in [-0.2, -0.15) is 0 Å². The molecule has 0 bridgehead atoms. The van der Waals surface area contributed by atoms with Gasteiger partial charge in [-0.1, -0.05) is 17.7 Å². The molecule has 0 spiro atoms. The van der Waals surface area contributed by atoms with Gasteiger partial charge in [-0.25, -0.2) is 0 Å². The van der Waals surface area contributed by atoms with Crippen LogP contribution in [0.15, 0.2) is 30.4 Å². The average Bonchev–Trinajstić information content (AvgIpc) is 2.26. The number of nitrogens with two attached hydrogens (primary N) is 1. The van der Waals surface area contributed by atoms with Crippen molar-refractivity contribution >= 4 is 28.9 Å². The van der Waals surface area contributed by atoms with Crippen LogP contribution in [0.5, 0.6) is 0 Å². The maximum absolute atomic E-state index is 11.3. The molecule has 1 rings (SSSR count). The number of nitrogens with one attached hydrogen (secondary N) is 1. The van der Waals surface area contributed by atoms with Gasteiger partial charge in [0, 0.05) is 23.7 Å². The second kappa shape index (κ2) is 5.97. The van der Waals surface area contributed by atoms with Crippen LogP contribution in [0.1, 0.15) is 0 Å². The van der Waals surface area contributed by atoms with E-state index in [0.29, 0.717) is 5.02 Å². The van der Waals surface area contributed by atoms with E-state index in [1.54, 1.807) is 0 Å². The standard InChI is InChI=1S/C10H10ClN3O3/c11-7-3-4-9(14(16)17)8(6-7)13-10(15)2-1-5-12/h1-4,6H,5,12H2,(H,13,15)/b2-1+. The highest BCUT2D eigenvalue weighted by Gasteiger charge is 2.14. The molecular formula is C10H10ClN3O3. The lowest BCUT2D eigenvalue weighted by molar-refractivity contribution is -0.383. The summed E-state index contributed by atoms with van der Waals surface area (Å²) in [7, 11) is 0. The van der Waals surface area contributed by atoms with Crippen molar-refractivity contribution in [2.24, 2.45) is 5.73 Å². The van der Waals surface area contributed by atoms with Crippen LogP contribution in [-0.2, 0) is 4.79 Å². The fourth-order valence-electron chi connectivity index (χ4n) is 1.12. The third kappa shape index (κ3) is 3.86. The van der Waals surface area contributed by atoms with Gasteiger partial charge in [0.05, 0.1) is 4.92 Å². The van der Waals surface area contributed by atoms with E-state index in [9.17, 15) is 14.9 Å². The van der Waals surface area contributed by atoms with Crippen molar-refractivity contribution in [2.45, 2.75) is 0 Å². The monoisotopic (exact) mass is 255 g/mol. The molecular weight excluding hydrogens is 246 g/mol. The molecule has 0 saturated carbocycles. The minimum Gasteiger partial charge on any atom is -0.327 e. The highest BCUT2D eigenvalue weighted by molar-refractivity contribution is 6.31. The summed E-state index contributed by atoms with van der Waals surface area (Å²) in [5.41, 5.74) is 5.01. The molecule has 17 heavy (non-hydrogen) atoms. The molecule has 7 heteroatoms.